The summed E-state index contributed by atoms with van der Waals surface area (Å²) in [6.07, 6.45) is -0.273. The normalized spacial score (nSPS) is 12.2. The lowest BCUT2D eigenvalue weighted by Crippen LogP contribution is -2.50. The molecule has 1 aromatic carbocycles. The molecule has 0 fully saturated rings. The van der Waals surface area contributed by atoms with Gasteiger partial charge in [0.15, 0.2) is 0 Å². The number of amides is 1. The van der Waals surface area contributed by atoms with Crippen LogP contribution in [0.3, 0.4) is 0 Å². The standard InChI is InChI=1S/C33H51NO9/c1-30(2,3)41-27(37)17-20-33(21-18-28(38)42-31(4,5)6,22-19-29(39)43-32(7,8)9)34-25(35)15-16-26(36)40-23-24-13-11-10-12-14-24/h10-14H,15-23H2,1-9H3,(H,34,35). The van der Waals surface area contributed by atoms with E-state index in [0.717, 1.165) is 5.56 Å². The first-order valence-corrected chi connectivity index (χ1v) is 14.8. The van der Waals surface area contributed by atoms with Crippen LogP contribution in [0.5, 0.6) is 0 Å². The topological polar surface area (TPSA) is 134 Å². The maximum absolute atomic E-state index is 13.2. The third-order valence-electron chi connectivity index (χ3n) is 5.89. The van der Waals surface area contributed by atoms with E-state index in [2.05, 4.69) is 5.32 Å². The number of ether oxygens (including phenoxy) is 4. The van der Waals surface area contributed by atoms with Crippen molar-refractivity contribution in [2.45, 2.75) is 143 Å². The van der Waals surface area contributed by atoms with Gasteiger partial charge in [0.05, 0.1) is 6.42 Å². The zero-order chi connectivity index (χ0) is 32.9. The lowest BCUT2D eigenvalue weighted by atomic mass is 9.83. The molecule has 1 N–H and O–H groups in total. The number of hydrogen-bond acceptors (Lipinski definition) is 9. The van der Waals surface area contributed by atoms with E-state index in [1.807, 2.05) is 30.3 Å². The first kappa shape index (κ1) is 37.6. The fraction of sp³-hybridized carbons (Fsp3) is 0.667. The average molecular weight is 606 g/mol. The van der Waals surface area contributed by atoms with Gasteiger partial charge in [-0.2, -0.15) is 0 Å². The lowest BCUT2D eigenvalue weighted by molar-refractivity contribution is -0.155. The molecule has 242 valence electrons. The molecule has 0 aliphatic carbocycles. The predicted octanol–water partition coefficient (Wildman–Crippen LogP) is 5.73. The smallest absolute Gasteiger partial charge is 0.306 e. The van der Waals surface area contributed by atoms with Gasteiger partial charge < -0.3 is 24.3 Å². The van der Waals surface area contributed by atoms with Gasteiger partial charge in [-0.05, 0) is 87.1 Å². The molecule has 0 aliphatic rings. The van der Waals surface area contributed by atoms with Crippen molar-refractivity contribution in [2.75, 3.05) is 0 Å². The van der Waals surface area contributed by atoms with Crippen LogP contribution in [-0.2, 0) is 49.5 Å². The molecule has 0 aromatic heterocycles. The van der Waals surface area contributed by atoms with Crippen molar-refractivity contribution < 1.29 is 42.9 Å². The van der Waals surface area contributed by atoms with Crippen LogP contribution in [0, 0.1) is 0 Å². The summed E-state index contributed by atoms with van der Waals surface area (Å²) in [7, 11) is 0. The Morgan fingerprint density at radius 1 is 0.558 bits per heavy atom. The van der Waals surface area contributed by atoms with Gasteiger partial charge in [-0.1, -0.05) is 30.3 Å². The summed E-state index contributed by atoms with van der Waals surface area (Å²) in [5.41, 5.74) is -2.47. The van der Waals surface area contributed by atoms with E-state index in [1.54, 1.807) is 62.3 Å². The first-order valence-electron chi connectivity index (χ1n) is 14.8. The highest BCUT2D eigenvalue weighted by Gasteiger charge is 2.35. The van der Waals surface area contributed by atoms with Crippen molar-refractivity contribution in [2.24, 2.45) is 0 Å². The van der Waals surface area contributed by atoms with Crippen molar-refractivity contribution in [3.05, 3.63) is 35.9 Å². The Morgan fingerprint density at radius 2 is 0.953 bits per heavy atom. The minimum atomic E-state index is -1.16. The number of benzene rings is 1. The summed E-state index contributed by atoms with van der Waals surface area (Å²) < 4.78 is 21.7. The largest absolute Gasteiger partial charge is 0.461 e. The Bertz CT molecular complexity index is 997. The highest BCUT2D eigenvalue weighted by atomic mass is 16.6. The summed E-state index contributed by atoms with van der Waals surface area (Å²) in [5, 5.41) is 2.94. The Labute approximate surface area is 256 Å². The van der Waals surface area contributed by atoms with E-state index >= 15 is 0 Å². The molecule has 0 saturated carbocycles. The minimum Gasteiger partial charge on any atom is -0.461 e. The van der Waals surface area contributed by atoms with Gasteiger partial charge in [-0.15, -0.1) is 0 Å². The third kappa shape index (κ3) is 18.7. The highest BCUT2D eigenvalue weighted by Crippen LogP contribution is 2.29. The Morgan fingerprint density at radius 3 is 1.33 bits per heavy atom. The van der Waals surface area contributed by atoms with Crippen LogP contribution in [-0.4, -0.2) is 52.1 Å². The molecule has 0 bridgehead atoms. The van der Waals surface area contributed by atoms with Crippen molar-refractivity contribution >= 4 is 29.8 Å². The fourth-order valence-electron chi connectivity index (χ4n) is 4.15. The quantitative estimate of drug-likeness (QED) is 0.196. The SMILES string of the molecule is CC(C)(C)OC(=O)CCC(CCC(=O)OC(C)(C)C)(CCC(=O)OC(C)(C)C)NC(=O)CCC(=O)OCc1ccccc1. The van der Waals surface area contributed by atoms with E-state index in [1.165, 1.54) is 0 Å². The van der Waals surface area contributed by atoms with Crippen molar-refractivity contribution in [3.8, 4) is 0 Å². The zero-order valence-electron chi connectivity index (χ0n) is 27.4. The number of carbonyl (C=O) groups excluding carboxylic acids is 5. The first-order chi connectivity index (χ1) is 19.7. The predicted molar refractivity (Wildman–Crippen MR) is 162 cm³/mol. The summed E-state index contributed by atoms with van der Waals surface area (Å²) in [4.78, 5) is 63.5. The number of hydrogen-bond donors (Lipinski definition) is 1. The summed E-state index contributed by atoms with van der Waals surface area (Å²) in [6, 6.07) is 9.18. The molecule has 10 nitrogen and oxygen atoms in total. The van der Waals surface area contributed by atoms with E-state index in [9.17, 15) is 24.0 Å². The average Bonchev–Trinajstić information content (AvgIpc) is 2.84. The van der Waals surface area contributed by atoms with Crippen LogP contribution in [0.25, 0.3) is 0 Å². The maximum Gasteiger partial charge on any atom is 0.306 e. The lowest BCUT2D eigenvalue weighted by Gasteiger charge is -2.36. The fourth-order valence-corrected chi connectivity index (χ4v) is 4.15. The van der Waals surface area contributed by atoms with Gasteiger partial charge in [0, 0.05) is 31.2 Å². The van der Waals surface area contributed by atoms with Crippen LogP contribution in [0.1, 0.15) is 119 Å². The molecule has 0 spiro atoms. The van der Waals surface area contributed by atoms with Gasteiger partial charge in [0.2, 0.25) is 5.91 Å². The number of esters is 4. The number of carbonyl (C=O) groups is 5. The van der Waals surface area contributed by atoms with Crippen molar-refractivity contribution in [1.82, 2.24) is 5.32 Å². The van der Waals surface area contributed by atoms with Gasteiger partial charge in [0.1, 0.15) is 23.4 Å². The monoisotopic (exact) mass is 605 g/mol. The van der Waals surface area contributed by atoms with Crippen LogP contribution >= 0.6 is 0 Å². The molecular formula is C33H51NO9. The van der Waals surface area contributed by atoms with E-state index in [-0.39, 0.29) is 58.0 Å². The van der Waals surface area contributed by atoms with E-state index in [0.29, 0.717) is 0 Å². The van der Waals surface area contributed by atoms with Gasteiger partial charge in [-0.3, -0.25) is 24.0 Å². The molecule has 43 heavy (non-hydrogen) atoms. The van der Waals surface area contributed by atoms with E-state index in [4.69, 9.17) is 18.9 Å². The zero-order valence-corrected chi connectivity index (χ0v) is 27.4. The highest BCUT2D eigenvalue weighted by molar-refractivity contribution is 5.82. The molecule has 0 unspecified atom stereocenters. The molecule has 0 saturated heterocycles. The second-order valence-electron chi connectivity index (χ2n) is 13.7. The van der Waals surface area contributed by atoms with E-state index < -0.39 is 52.1 Å². The van der Waals surface area contributed by atoms with Crippen molar-refractivity contribution in [1.29, 1.82) is 0 Å². The second-order valence-corrected chi connectivity index (χ2v) is 13.7. The van der Waals surface area contributed by atoms with Gasteiger partial charge in [-0.25, -0.2) is 0 Å². The van der Waals surface area contributed by atoms with Gasteiger partial charge >= 0.3 is 23.9 Å². The molecule has 1 amide bonds. The molecular weight excluding hydrogens is 554 g/mol. The van der Waals surface area contributed by atoms with Crippen LogP contribution in [0.15, 0.2) is 30.3 Å². The van der Waals surface area contributed by atoms with Crippen molar-refractivity contribution in [3.63, 3.8) is 0 Å². The molecule has 0 atom stereocenters. The number of rotatable bonds is 15. The molecule has 1 rings (SSSR count). The Hall–Kier alpha value is -3.43. The molecule has 0 aliphatic heterocycles. The Balaban J connectivity index is 3.10. The summed E-state index contributed by atoms with van der Waals surface area (Å²) in [5.74, 6) is -2.46. The second kappa shape index (κ2) is 16.4. The van der Waals surface area contributed by atoms with Crippen LogP contribution in [0.4, 0.5) is 0 Å². The Kier molecular flexibility index (Phi) is 14.4. The van der Waals surface area contributed by atoms with Crippen LogP contribution in [0.2, 0.25) is 0 Å². The molecule has 0 heterocycles. The minimum absolute atomic E-state index is 0.0701. The van der Waals surface area contributed by atoms with Gasteiger partial charge in [0.25, 0.3) is 0 Å². The summed E-state index contributed by atoms with van der Waals surface area (Å²) >= 11 is 0. The summed E-state index contributed by atoms with van der Waals surface area (Å²) in [6.45, 7) is 15.9. The van der Waals surface area contributed by atoms with Crippen LogP contribution < -0.4 is 5.32 Å². The molecule has 1 aromatic rings. The third-order valence-corrected chi connectivity index (χ3v) is 5.89. The molecule has 10 heteroatoms. The maximum atomic E-state index is 13.2. The number of nitrogens with one attached hydrogen (secondary N) is 1. The molecule has 0 radical (unpaired) electrons.